The topological polar surface area (TPSA) is 64.6 Å². The molecule has 8 heteroatoms. The lowest BCUT2D eigenvalue weighted by Gasteiger charge is -2.21. The number of esters is 1. The van der Waals surface area contributed by atoms with Crippen LogP contribution >= 0.6 is 0 Å². The molecule has 5 nitrogen and oxygen atoms in total. The number of alkyl carbamates (subject to hydrolysis) is 1. The van der Waals surface area contributed by atoms with E-state index < -0.39 is 42.9 Å². The van der Waals surface area contributed by atoms with Crippen LogP contribution in [0.15, 0.2) is 0 Å². The summed E-state index contributed by atoms with van der Waals surface area (Å²) in [7, 11) is 0. The van der Waals surface area contributed by atoms with E-state index in [1.165, 1.54) is 6.92 Å². The van der Waals surface area contributed by atoms with E-state index in [0.29, 0.717) is 0 Å². The molecule has 0 aliphatic heterocycles. The molecule has 0 aromatic carbocycles. The third-order valence-corrected chi connectivity index (χ3v) is 1.72. The Kier molecular flexibility index (Phi) is 6.11. The Morgan fingerprint density at radius 1 is 1.21 bits per heavy atom. The zero-order valence-electron chi connectivity index (χ0n) is 11.3. The summed E-state index contributed by atoms with van der Waals surface area (Å²) in [5.41, 5.74) is -0.732. The minimum absolute atomic E-state index is 0.732. The molecule has 0 fully saturated rings. The van der Waals surface area contributed by atoms with Crippen LogP contribution in [0.25, 0.3) is 0 Å². The molecule has 1 amide bonds. The molecule has 0 aliphatic rings. The molecule has 1 atom stereocenters. The zero-order valence-corrected chi connectivity index (χ0v) is 11.3. The maximum atomic E-state index is 11.8. The van der Waals surface area contributed by atoms with Crippen LogP contribution in [0, 0.1) is 0 Å². The molecule has 1 unspecified atom stereocenters. The predicted molar refractivity (Wildman–Crippen MR) is 60.5 cm³/mol. The van der Waals surface area contributed by atoms with Gasteiger partial charge in [0.1, 0.15) is 18.2 Å². The summed E-state index contributed by atoms with van der Waals surface area (Å²) >= 11 is 0. The van der Waals surface area contributed by atoms with Gasteiger partial charge in [-0.15, -0.1) is 0 Å². The molecule has 0 saturated heterocycles. The van der Waals surface area contributed by atoms with Crippen molar-refractivity contribution in [1.82, 2.24) is 5.32 Å². The first-order chi connectivity index (χ1) is 8.41. The second-order valence-corrected chi connectivity index (χ2v) is 4.90. The molecule has 0 aliphatic carbocycles. The molecule has 0 aromatic rings. The lowest BCUT2D eigenvalue weighted by Crippen LogP contribution is -2.42. The number of rotatable bonds is 4. The minimum atomic E-state index is -4.39. The Hall–Kier alpha value is -1.47. The summed E-state index contributed by atoms with van der Waals surface area (Å²) < 4.78 is 44.7. The molecular weight excluding hydrogens is 267 g/mol. The van der Waals surface area contributed by atoms with Gasteiger partial charge in [-0.05, 0) is 27.7 Å². The fraction of sp³-hybridized carbons (Fsp3) is 0.818. The monoisotopic (exact) mass is 285 g/mol. The minimum Gasteiger partial charge on any atom is -0.464 e. The lowest BCUT2D eigenvalue weighted by molar-refractivity contribution is -0.160. The van der Waals surface area contributed by atoms with Gasteiger partial charge in [0.15, 0.2) is 0 Å². The van der Waals surface area contributed by atoms with Gasteiger partial charge in [-0.2, -0.15) is 13.2 Å². The van der Waals surface area contributed by atoms with Gasteiger partial charge in [-0.3, -0.25) is 0 Å². The van der Waals surface area contributed by atoms with Crippen molar-refractivity contribution in [2.75, 3.05) is 6.61 Å². The molecule has 0 radical (unpaired) electrons. The molecule has 0 rings (SSSR count). The van der Waals surface area contributed by atoms with Crippen LogP contribution < -0.4 is 5.32 Å². The number of nitrogens with one attached hydrogen (secondary N) is 1. The van der Waals surface area contributed by atoms with Crippen LogP contribution in [0.4, 0.5) is 18.0 Å². The molecule has 0 bridgehead atoms. The highest BCUT2D eigenvalue weighted by Crippen LogP contribution is 2.19. The fourth-order valence-electron chi connectivity index (χ4n) is 0.936. The van der Waals surface area contributed by atoms with Crippen molar-refractivity contribution in [2.24, 2.45) is 0 Å². The van der Waals surface area contributed by atoms with Gasteiger partial charge < -0.3 is 14.8 Å². The summed E-state index contributed by atoms with van der Waals surface area (Å²) in [4.78, 5) is 22.6. The maximum absolute atomic E-state index is 11.8. The van der Waals surface area contributed by atoms with E-state index in [9.17, 15) is 22.8 Å². The Bertz CT molecular complexity index is 323. The Labute approximate surface area is 109 Å². The van der Waals surface area contributed by atoms with Crippen LogP contribution in [0.2, 0.25) is 0 Å². The normalized spacial score (nSPS) is 13.6. The van der Waals surface area contributed by atoms with Gasteiger partial charge in [0.05, 0.1) is 6.42 Å². The van der Waals surface area contributed by atoms with E-state index in [1.54, 1.807) is 20.8 Å². The van der Waals surface area contributed by atoms with Crippen molar-refractivity contribution in [1.29, 1.82) is 0 Å². The van der Waals surface area contributed by atoms with Crippen molar-refractivity contribution in [3.63, 3.8) is 0 Å². The highest BCUT2D eigenvalue weighted by Gasteiger charge is 2.28. The Morgan fingerprint density at radius 2 is 1.74 bits per heavy atom. The van der Waals surface area contributed by atoms with E-state index in [4.69, 9.17) is 4.74 Å². The molecule has 0 saturated carbocycles. The largest absolute Gasteiger partial charge is 0.464 e. The maximum Gasteiger partial charge on any atom is 0.408 e. The molecule has 1 N–H and O–H groups in total. The first kappa shape index (κ1) is 17.5. The summed E-state index contributed by atoms with van der Waals surface area (Å²) in [6.07, 6.45) is -6.45. The van der Waals surface area contributed by atoms with Crippen molar-refractivity contribution in [3.05, 3.63) is 0 Å². The lowest BCUT2D eigenvalue weighted by atomic mass is 10.2. The third-order valence-electron chi connectivity index (χ3n) is 1.72. The molecular formula is C11H18F3NO4. The summed E-state index contributed by atoms with van der Waals surface area (Å²) in [6.45, 7) is 5.43. The SMILES string of the molecule is CC(NC(=O)OC(C)(C)C)C(=O)OCCC(F)(F)F. The number of amides is 1. The molecule has 0 heterocycles. The van der Waals surface area contributed by atoms with E-state index in [0.717, 1.165) is 0 Å². The average molecular weight is 285 g/mol. The van der Waals surface area contributed by atoms with Gasteiger partial charge in [-0.25, -0.2) is 9.59 Å². The van der Waals surface area contributed by atoms with Crippen LogP contribution in [-0.2, 0) is 14.3 Å². The van der Waals surface area contributed by atoms with E-state index in [-0.39, 0.29) is 0 Å². The first-order valence-electron chi connectivity index (χ1n) is 5.63. The number of ether oxygens (including phenoxy) is 2. The number of carbonyl (C=O) groups is 2. The molecule has 0 aromatic heterocycles. The van der Waals surface area contributed by atoms with Crippen LogP contribution in [0.5, 0.6) is 0 Å². The summed E-state index contributed by atoms with van der Waals surface area (Å²) in [5.74, 6) is -0.949. The number of hydrogen-bond donors (Lipinski definition) is 1. The van der Waals surface area contributed by atoms with Gasteiger partial charge in [0.25, 0.3) is 0 Å². The quantitative estimate of drug-likeness (QED) is 0.805. The van der Waals surface area contributed by atoms with E-state index in [1.807, 2.05) is 0 Å². The van der Waals surface area contributed by atoms with Crippen molar-refractivity contribution in [3.8, 4) is 0 Å². The van der Waals surface area contributed by atoms with Crippen molar-refractivity contribution >= 4 is 12.1 Å². The van der Waals surface area contributed by atoms with Crippen molar-refractivity contribution in [2.45, 2.75) is 51.9 Å². The standard InChI is InChI=1S/C11H18F3NO4/c1-7(15-9(17)19-10(2,3)4)8(16)18-6-5-11(12,13)14/h7H,5-6H2,1-4H3,(H,15,17). The highest BCUT2D eigenvalue weighted by atomic mass is 19.4. The van der Waals surface area contributed by atoms with Crippen LogP contribution in [0.3, 0.4) is 0 Å². The van der Waals surface area contributed by atoms with Gasteiger partial charge in [0, 0.05) is 0 Å². The Balaban J connectivity index is 4.04. The van der Waals surface area contributed by atoms with Gasteiger partial charge in [0.2, 0.25) is 0 Å². The van der Waals surface area contributed by atoms with Gasteiger partial charge in [-0.1, -0.05) is 0 Å². The molecule has 19 heavy (non-hydrogen) atoms. The number of hydrogen-bond acceptors (Lipinski definition) is 4. The summed E-state index contributed by atoms with van der Waals surface area (Å²) in [5, 5.41) is 2.17. The fourth-order valence-corrected chi connectivity index (χ4v) is 0.936. The average Bonchev–Trinajstić information content (AvgIpc) is 2.11. The smallest absolute Gasteiger partial charge is 0.408 e. The number of carbonyl (C=O) groups excluding carboxylic acids is 2. The summed E-state index contributed by atoms with van der Waals surface area (Å²) in [6, 6.07) is -1.08. The van der Waals surface area contributed by atoms with Gasteiger partial charge >= 0.3 is 18.2 Å². The second-order valence-electron chi connectivity index (χ2n) is 4.90. The Morgan fingerprint density at radius 3 is 2.16 bits per heavy atom. The van der Waals surface area contributed by atoms with E-state index >= 15 is 0 Å². The first-order valence-corrected chi connectivity index (χ1v) is 5.63. The zero-order chi connectivity index (χ0) is 15.3. The number of halogens is 3. The van der Waals surface area contributed by atoms with E-state index in [2.05, 4.69) is 10.1 Å². The van der Waals surface area contributed by atoms with Crippen LogP contribution in [0.1, 0.15) is 34.1 Å². The van der Waals surface area contributed by atoms with Crippen molar-refractivity contribution < 1.29 is 32.2 Å². The van der Waals surface area contributed by atoms with Crippen LogP contribution in [-0.4, -0.2) is 36.5 Å². The number of alkyl halides is 3. The highest BCUT2D eigenvalue weighted by molar-refractivity contribution is 5.80. The molecule has 0 spiro atoms. The predicted octanol–water partition coefficient (Wildman–Crippen LogP) is 2.40. The third kappa shape index (κ3) is 10.2. The molecule has 112 valence electrons. The second kappa shape index (κ2) is 6.63.